The molecule has 2 aromatic carbocycles. The standard InChI is InChI=1S/C32H35N/c1-21-10-8-11-22(2)32(21)23(3)18-27-14-9-15-29(27)31-20-28-19-26(16-17-30(28)33-31)24(4)25-12-6-5-7-13-25/h8,10-11,14-17,19-20,25,33H,3-7,9,12-13,18H2,1-2H3. The highest BCUT2D eigenvalue weighted by Crippen LogP contribution is 2.39. The van der Waals surface area contributed by atoms with Gasteiger partial charge in [0.1, 0.15) is 0 Å². The van der Waals surface area contributed by atoms with E-state index in [1.54, 1.807) is 0 Å². The molecule has 33 heavy (non-hydrogen) atoms. The molecule has 168 valence electrons. The number of aromatic nitrogens is 1. The van der Waals surface area contributed by atoms with Gasteiger partial charge in [0.2, 0.25) is 0 Å². The summed E-state index contributed by atoms with van der Waals surface area (Å²) in [6, 6.07) is 15.6. The van der Waals surface area contributed by atoms with Crippen LogP contribution in [-0.2, 0) is 0 Å². The minimum Gasteiger partial charge on any atom is -0.355 e. The van der Waals surface area contributed by atoms with E-state index in [-0.39, 0.29) is 0 Å². The van der Waals surface area contributed by atoms with E-state index in [4.69, 9.17) is 0 Å². The molecule has 1 N–H and O–H groups in total. The van der Waals surface area contributed by atoms with Crippen molar-refractivity contribution >= 4 is 27.6 Å². The lowest BCUT2D eigenvalue weighted by molar-refractivity contribution is 0.430. The van der Waals surface area contributed by atoms with Gasteiger partial charge in [-0.2, -0.15) is 0 Å². The molecular formula is C32H35N. The van der Waals surface area contributed by atoms with E-state index in [0.717, 1.165) is 12.8 Å². The lowest BCUT2D eigenvalue weighted by atomic mass is 9.81. The van der Waals surface area contributed by atoms with Crippen molar-refractivity contribution in [2.24, 2.45) is 5.92 Å². The largest absolute Gasteiger partial charge is 0.355 e. The predicted octanol–water partition coefficient (Wildman–Crippen LogP) is 9.20. The Balaban J connectivity index is 1.38. The summed E-state index contributed by atoms with van der Waals surface area (Å²) < 4.78 is 0. The molecule has 0 aliphatic heterocycles. The van der Waals surface area contributed by atoms with Gasteiger partial charge in [-0.15, -0.1) is 0 Å². The quantitative estimate of drug-likeness (QED) is 0.399. The molecule has 1 heterocycles. The molecule has 5 rings (SSSR count). The third-order valence-corrected chi connectivity index (χ3v) is 7.65. The number of hydrogen-bond donors (Lipinski definition) is 1. The second kappa shape index (κ2) is 9.06. The van der Waals surface area contributed by atoms with Gasteiger partial charge >= 0.3 is 0 Å². The zero-order valence-electron chi connectivity index (χ0n) is 20.1. The lowest BCUT2D eigenvalue weighted by Crippen LogP contribution is -2.07. The first-order valence-electron chi connectivity index (χ1n) is 12.5. The van der Waals surface area contributed by atoms with Crippen LogP contribution in [-0.4, -0.2) is 4.98 Å². The molecule has 1 nitrogen and oxygen atoms in total. The van der Waals surface area contributed by atoms with Gasteiger partial charge in [-0.3, -0.25) is 0 Å². The fourth-order valence-corrected chi connectivity index (χ4v) is 5.87. The van der Waals surface area contributed by atoms with E-state index in [1.807, 2.05) is 0 Å². The molecule has 1 fully saturated rings. The normalized spacial score (nSPS) is 16.7. The molecule has 0 saturated heterocycles. The Morgan fingerprint density at radius 2 is 1.70 bits per heavy atom. The number of aryl methyl sites for hydroxylation is 2. The summed E-state index contributed by atoms with van der Waals surface area (Å²) in [5, 5.41) is 1.28. The number of hydrogen-bond acceptors (Lipinski definition) is 0. The predicted molar refractivity (Wildman–Crippen MR) is 144 cm³/mol. The number of H-pyrrole nitrogens is 1. The molecule has 0 radical (unpaired) electrons. The smallest absolute Gasteiger partial charge is 0.0464 e. The molecule has 0 amide bonds. The molecule has 0 bridgehead atoms. The van der Waals surface area contributed by atoms with Crippen molar-refractivity contribution in [3.63, 3.8) is 0 Å². The van der Waals surface area contributed by atoms with Crippen LogP contribution in [0.3, 0.4) is 0 Å². The van der Waals surface area contributed by atoms with E-state index < -0.39 is 0 Å². The van der Waals surface area contributed by atoms with Crippen LogP contribution in [0.25, 0.3) is 27.6 Å². The van der Waals surface area contributed by atoms with Crippen LogP contribution in [0.15, 0.2) is 73.3 Å². The zero-order valence-corrected chi connectivity index (χ0v) is 20.1. The molecule has 1 heteroatoms. The van der Waals surface area contributed by atoms with E-state index in [0.29, 0.717) is 5.92 Å². The summed E-state index contributed by atoms with van der Waals surface area (Å²) in [5.41, 5.74) is 12.9. The maximum atomic E-state index is 4.49. The summed E-state index contributed by atoms with van der Waals surface area (Å²) in [4.78, 5) is 3.68. The zero-order chi connectivity index (χ0) is 22.9. The van der Waals surface area contributed by atoms with Gasteiger partial charge in [0.15, 0.2) is 0 Å². The van der Waals surface area contributed by atoms with Gasteiger partial charge in [0.25, 0.3) is 0 Å². The monoisotopic (exact) mass is 433 g/mol. The fraction of sp³-hybridized carbons (Fsp3) is 0.312. The van der Waals surface area contributed by atoms with E-state index in [9.17, 15) is 0 Å². The van der Waals surface area contributed by atoms with Crippen molar-refractivity contribution in [1.82, 2.24) is 4.98 Å². The summed E-state index contributed by atoms with van der Waals surface area (Å²) in [6.07, 6.45) is 13.2. The summed E-state index contributed by atoms with van der Waals surface area (Å²) in [6.45, 7) is 13.3. The first-order chi connectivity index (χ1) is 16.0. The van der Waals surface area contributed by atoms with Gasteiger partial charge in [0, 0.05) is 16.6 Å². The summed E-state index contributed by atoms with van der Waals surface area (Å²) >= 11 is 0. The third kappa shape index (κ3) is 4.29. The van der Waals surface area contributed by atoms with Gasteiger partial charge in [-0.05, 0) is 108 Å². The van der Waals surface area contributed by atoms with Gasteiger partial charge in [-0.25, -0.2) is 0 Å². The molecule has 0 spiro atoms. The van der Waals surface area contributed by atoms with Crippen molar-refractivity contribution in [2.75, 3.05) is 0 Å². The van der Waals surface area contributed by atoms with Gasteiger partial charge in [-0.1, -0.05) is 68.8 Å². The molecule has 0 atom stereocenters. The average molecular weight is 434 g/mol. The van der Waals surface area contributed by atoms with Crippen LogP contribution in [0.2, 0.25) is 0 Å². The summed E-state index contributed by atoms with van der Waals surface area (Å²) in [7, 11) is 0. The van der Waals surface area contributed by atoms with Crippen molar-refractivity contribution in [1.29, 1.82) is 0 Å². The fourth-order valence-electron chi connectivity index (χ4n) is 5.87. The van der Waals surface area contributed by atoms with E-state index in [1.165, 1.54) is 93.2 Å². The van der Waals surface area contributed by atoms with Crippen molar-refractivity contribution < 1.29 is 0 Å². The van der Waals surface area contributed by atoms with E-state index in [2.05, 4.69) is 86.6 Å². The highest BCUT2D eigenvalue weighted by molar-refractivity contribution is 5.92. The minimum absolute atomic E-state index is 0.651. The SMILES string of the molecule is C=C(CC1=CCC=C1c1cc2cc(C(=C)C3CCCCC3)ccc2[nH]1)c1c(C)cccc1C. The highest BCUT2D eigenvalue weighted by atomic mass is 14.7. The second-order valence-corrected chi connectivity index (χ2v) is 9.98. The van der Waals surface area contributed by atoms with Crippen LogP contribution in [0.4, 0.5) is 0 Å². The Kier molecular flexibility index (Phi) is 5.98. The van der Waals surface area contributed by atoms with Crippen molar-refractivity contribution in [2.45, 2.75) is 58.8 Å². The topological polar surface area (TPSA) is 15.8 Å². The highest BCUT2D eigenvalue weighted by Gasteiger charge is 2.20. The number of allylic oxidation sites excluding steroid dienone is 6. The van der Waals surface area contributed by atoms with Crippen molar-refractivity contribution in [3.8, 4) is 0 Å². The molecule has 3 aromatic rings. The maximum Gasteiger partial charge on any atom is 0.0464 e. The minimum atomic E-state index is 0.651. The molecule has 2 aliphatic carbocycles. The Morgan fingerprint density at radius 3 is 2.45 bits per heavy atom. The third-order valence-electron chi connectivity index (χ3n) is 7.65. The number of nitrogens with one attached hydrogen (secondary N) is 1. The molecule has 1 saturated carbocycles. The van der Waals surface area contributed by atoms with Crippen molar-refractivity contribution in [3.05, 3.63) is 101 Å². The maximum absolute atomic E-state index is 4.49. The Bertz CT molecular complexity index is 1270. The first kappa shape index (κ1) is 21.8. The Labute approximate surface area is 198 Å². The number of aromatic amines is 1. The van der Waals surface area contributed by atoms with Crippen LogP contribution >= 0.6 is 0 Å². The number of fused-ring (bicyclic) bond motifs is 1. The number of benzene rings is 2. The molecule has 1 aromatic heterocycles. The molecule has 0 unspecified atom stereocenters. The van der Waals surface area contributed by atoms with Crippen LogP contribution in [0, 0.1) is 19.8 Å². The van der Waals surface area contributed by atoms with Gasteiger partial charge in [0.05, 0.1) is 0 Å². The van der Waals surface area contributed by atoms with Crippen LogP contribution < -0.4 is 0 Å². The second-order valence-electron chi connectivity index (χ2n) is 9.98. The van der Waals surface area contributed by atoms with E-state index >= 15 is 0 Å². The number of rotatable bonds is 6. The first-order valence-corrected chi connectivity index (χ1v) is 12.5. The van der Waals surface area contributed by atoms with Gasteiger partial charge < -0.3 is 4.98 Å². The van der Waals surface area contributed by atoms with Crippen LogP contribution in [0.5, 0.6) is 0 Å². The molecular weight excluding hydrogens is 398 g/mol. The van der Waals surface area contributed by atoms with Crippen LogP contribution in [0.1, 0.15) is 72.9 Å². The lowest BCUT2D eigenvalue weighted by Gasteiger charge is -2.24. The Hall–Kier alpha value is -3.06. The Morgan fingerprint density at radius 1 is 0.939 bits per heavy atom. The summed E-state index contributed by atoms with van der Waals surface area (Å²) in [5.74, 6) is 0.651. The average Bonchev–Trinajstić information content (AvgIpc) is 3.45. The molecule has 2 aliphatic rings.